The molecule has 0 atom stereocenters. The summed E-state index contributed by atoms with van der Waals surface area (Å²) in [5.74, 6) is 1.86. The molecule has 5 heterocycles. The molecule has 12 aromatic rings. The number of aromatic nitrogens is 5. The molecule has 0 unspecified atom stereocenters. The molecular weight excluding hydrogens is 731 g/mol. The first-order valence-electron chi connectivity index (χ1n) is 19.4. The molecule has 6 nitrogen and oxygen atoms in total. The fourth-order valence-electron chi connectivity index (χ4n) is 9.05. The molecule has 7 heteroatoms. The fraction of sp³-hybridized carbons (Fsp3) is 0. The highest BCUT2D eigenvalue weighted by Crippen LogP contribution is 2.51. The van der Waals surface area contributed by atoms with Crippen LogP contribution >= 0.6 is 11.8 Å². The Morgan fingerprint density at radius 1 is 0.466 bits per heavy atom. The normalized spacial score (nSPS) is 12.4. The Balaban J connectivity index is 1.09. The van der Waals surface area contributed by atoms with Crippen molar-refractivity contribution in [1.29, 1.82) is 0 Å². The third-order valence-electron chi connectivity index (χ3n) is 11.6. The van der Waals surface area contributed by atoms with E-state index in [1.807, 2.05) is 24.3 Å². The van der Waals surface area contributed by atoms with Crippen LogP contribution in [0.1, 0.15) is 0 Å². The van der Waals surface area contributed by atoms with E-state index >= 15 is 0 Å². The fourth-order valence-corrected chi connectivity index (χ4v) is 10.2. The van der Waals surface area contributed by atoms with Crippen molar-refractivity contribution in [1.82, 2.24) is 24.1 Å². The number of furan rings is 1. The number of hydrogen-bond acceptors (Lipinski definition) is 5. The van der Waals surface area contributed by atoms with E-state index in [1.165, 1.54) is 32.1 Å². The van der Waals surface area contributed by atoms with Crippen LogP contribution in [0.25, 0.3) is 111 Å². The second kappa shape index (κ2) is 12.0. The molecule has 58 heavy (non-hydrogen) atoms. The minimum absolute atomic E-state index is 0.605. The summed E-state index contributed by atoms with van der Waals surface area (Å²) in [6, 6.07) is 61.8. The number of fused-ring (bicyclic) bond motifs is 11. The molecule has 4 aromatic heterocycles. The van der Waals surface area contributed by atoms with Gasteiger partial charge in [-0.2, -0.15) is 0 Å². The minimum atomic E-state index is 0.605. The molecule has 0 saturated heterocycles. The van der Waals surface area contributed by atoms with Crippen LogP contribution in [-0.4, -0.2) is 24.1 Å². The maximum atomic E-state index is 6.21. The lowest BCUT2D eigenvalue weighted by atomic mass is 10.0. The lowest BCUT2D eigenvalue weighted by Crippen LogP contribution is -2.07. The Hall–Kier alpha value is -7.48. The van der Waals surface area contributed by atoms with Gasteiger partial charge in [0.25, 0.3) is 0 Å². The second-order valence-electron chi connectivity index (χ2n) is 14.8. The molecule has 270 valence electrons. The van der Waals surface area contributed by atoms with Crippen LogP contribution in [0.3, 0.4) is 0 Å². The van der Waals surface area contributed by atoms with Crippen molar-refractivity contribution in [2.75, 3.05) is 0 Å². The van der Waals surface area contributed by atoms with Gasteiger partial charge in [0.05, 0.1) is 16.7 Å². The van der Waals surface area contributed by atoms with Crippen molar-refractivity contribution in [2.45, 2.75) is 9.79 Å². The summed E-state index contributed by atoms with van der Waals surface area (Å²) in [6.45, 7) is 0. The van der Waals surface area contributed by atoms with Gasteiger partial charge in [-0.1, -0.05) is 127 Å². The Morgan fingerprint density at radius 3 is 2.05 bits per heavy atom. The average Bonchev–Trinajstić information content (AvgIpc) is 3.95. The molecule has 13 rings (SSSR count). The predicted octanol–water partition coefficient (Wildman–Crippen LogP) is 13.4. The van der Waals surface area contributed by atoms with E-state index in [-0.39, 0.29) is 0 Å². The molecule has 0 N–H and O–H groups in total. The van der Waals surface area contributed by atoms with Gasteiger partial charge in [0, 0.05) is 59.1 Å². The smallest absolute Gasteiger partial charge is 0.165 e. The maximum Gasteiger partial charge on any atom is 0.165 e. The molecule has 0 amide bonds. The van der Waals surface area contributed by atoms with Gasteiger partial charge in [-0.15, -0.1) is 0 Å². The Kier molecular flexibility index (Phi) is 6.56. The van der Waals surface area contributed by atoms with Crippen LogP contribution in [-0.2, 0) is 0 Å². The Bertz CT molecular complexity index is 3670. The molecular formula is C51H29N5OS. The van der Waals surface area contributed by atoms with Crippen molar-refractivity contribution in [2.24, 2.45) is 0 Å². The standard InChI is InChI=1S/C51H29N5OS/c1-2-15-32(16-3-1)55-40-23-8-6-19-36(40)45-37-21-12-26-44-46(37)56(51(45)55)41-24-11-22-38(47(41)58-44)50-53-48(31-27-28-43-39(29-31)34-18-7-9-25-42(34)57-43)52-49(54-50)35-20-10-14-30-13-4-5-17-33(30)35/h1-29H. The van der Waals surface area contributed by atoms with E-state index < -0.39 is 0 Å². The van der Waals surface area contributed by atoms with Crippen molar-refractivity contribution in [3.8, 4) is 45.5 Å². The molecule has 0 saturated carbocycles. The lowest BCUT2D eigenvalue weighted by Gasteiger charge is -2.23. The summed E-state index contributed by atoms with van der Waals surface area (Å²) < 4.78 is 11.1. The van der Waals surface area contributed by atoms with Crippen LogP contribution in [0.4, 0.5) is 0 Å². The quantitative estimate of drug-likeness (QED) is 0.179. The highest BCUT2D eigenvalue weighted by atomic mass is 32.2. The summed E-state index contributed by atoms with van der Waals surface area (Å²) in [7, 11) is 0. The van der Waals surface area contributed by atoms with Gasteiger partial charge in [0.15, 0.2) is 17.5 Å². The minimum Gasteiger partial charge on any atom is -0.456 e. The third-order valence-corrected chi connectivity index (χ3v) is 12.7. The summed E-state index contributed by atoms with van der Waals surface area (Å²) in [6.07, 6.45) is 0. The third kappa shape index (κ3) is 4.47. The van der Waals surface area contributed by atoms with Gasteiger partial charge in [-0.25, -0.2) is 15.0 Å². The van der Waals surface area contributed by atoms with Crippen molar-refractivity contribution >= 4 is 77.3 Å². The van der Waals surface area contributed by atoms with E-state index in [0.29, 0.717) is 17.5 Å². The number of benzene rings is 8. The van der Waals surface area contributed by atoms with Gasteiger partial charge < -0.3 is 4.42 Å². The summed E-state index contributed by atoms with van der Waals surface area (Å²) >= 11 is 1.79. The van der Waals surface area contributed by atoms with Gasteiger partial charge in [0.1, 0.15) is 16.8 Å². The first-order chi connectivity index (χ1) is 28.8. The highest BCUT2D eigenvalue weighted by molar-refractivity contribution is 8.00. The van der Waals surface area contributed by atoms with E-state index in [9.17, 15) is 0 Å². The zero-order valence-electron chi connectivity index (χ0n) is 30.8. The van der Waals surface area contributed by atoms with E-state index in [0.717, 1.165) is 71.3 Å². The van der Waals surface area contributed by atoms with Crippen LogP contribution < -0.4 is 0 Å². The molecule has 0 aliphatic carbocycles. The van der Waals surface area contributed by atoms with Crippen LogP contribution in [0, 0.1) is 0 Å². The molecule has 0 bridgehead atoms. The van der Waals surface area contributed by atoms with Crippen LogP contribution in [0.15, 0.2) is 190 Å². The number of nitrogens with zero attached hydrogens (tertiary/aromatic N) is 5. The summed E-state index contributed by atoms with van der Waals surface area (Å²) in [5, 5.41) is 8.04. The topological polar surface area (TPSA) is 61.7 Å². The monoisotopic (exact) mass is 759 g/mol. The highest BCUT2D eigenvalue weighted by Gasteiger charge is 2.30. The Labute approximate surface area is 335 Å². The molecule has 1 aliphatic heterocycles. The van der Waals surface area contributed by atoms with E-state index in [1.54, 1.807) is 11.8 Å². The number of rotatable bonds is 4. The number of hydrogen-bond donors (Lipinski definition) is 0. The summed E-state index contributed by atoms with van der Waals surface area (Å²) in [4.78, 5) is 18.2. The van der Waals surface area contributed by atoms with Gasteiger partial charge in [-0.3, -0.25) is 9.13 Å². The van der Waals surface area contributed by atoms with Crippen molar-refractivity contribution in [3.63, 3.8) is 0 Å². The van der Waals surface area contributed by atoms with Gasteiger partial charge >= 0.3 is 0 Å². The SMILES string of the molecule is c1ccc(-n2c3ccccc3c3c4cccc5c4n(c32)-c2cccc(-c3nc(-c4ccc6oc7ccccc7c6c4)nc(-c4cccc6ccccc46)n3)c2S5)cc1. The number of para-hydroxylation sites is 4. The average molecular weight is 760 g/mol. The first kappa shape index (κ1) is 31.7. The predicted molar refractivity (Wildman–Crippen MR) is 236 cm³/mol. The van der Waals surface area contributed by atoms with Crippen LogP contribution in [0.2, 0.25) is 0 Å². The molecule has 0 fully saturated rings. The van der Waals surface area contributed by atoms with Crippen molar-refractivity contribution < 1.29 is 4.42 Å². The Morgan fingerprint density at radius 2 is 1.14 bits per heavy atom. The van der Waals surface area contributed by atoms with E-state index in [2.05, 4.69) is 161 Å². The first-order valence-corrected chi connectivity index (χ1v) is 20.2. The second-order valence-corrected chi connectivity index (χ2v) is 15.8. The van der Waals surface area contributed by atoms with Crippen LogP contribution in [0.5, 0.6) is 0 Å². The van der Waals surface area contributed by atoms with E-state index in [4.69, 9.17) is 19.4 Å². The zero-order chi connectivity index (χ0) is 37.9. The zero-order valence-corrected chi connectivity index (χ0v) is 31.6. The maximum absolute atomic E-state index is 6.21. The summed E-state index contributed by atoms with van der Waals surface area (Å²) in [5.41, 5.74) is 10.2. The largest absolute Gasteiger partial charge is 0.456 e. The molecule has 8 aromatic carbocycles. The van der Waals surface area contributed by atoms with Crippen molar-refractivity contribution in [3.05, 3.63) is 176 Å². The molecule has 1 aliphatic rings. The molecule has 0 spiro atoms. The van der Waals surface area contributed by atoms with Gasteiger partial charge in [0.2, 0.25) is 0 Å². The molecule has 0 radical (unpaired) electrons. The lowest BCUT2D eigenvalue weighted by molar-refractivity contribution is 0.669. The van der Waals surface area contributed by atoms with Gasteiger partial charge in [-0.05, 0) is 71.4 Å².